The molecule has 1 aromatic carbocycles. The zero-order chi connectivity index (χ0) is 17.0. The van der Waals surface area contributed by atoms with Crippen molar-refractivity contribution in [2.24, 2.45) is 0 Å². The molecule has 2 aromatic rings. The summed E-state index contributed by atoms with van der Waals surface area (Å²) < 4.78 is 2.04. The molecule has 0 aliphatic carbocycles. The summed E-state index contributed by atoms with van der Waals surface area (Å²) in [7, 11) is 2.01. The molecule has 4 nitrogen and oxygen atoms in total. The van der Waals surface area contributed by atoms with E-state index in [0.29, 0.717) is 0 Å². The van der Waals surface area contributed by atoms with Gasteiger partial charge in [-0.15, -0.1) is 0 Å². The number of nitrogens with zero attached hydrogens (tertiary/aromatic N) is 3. The summed E-state index contributed by atoms with van der Waals surface area (Å²) in [5, 5.41) is 8.59. The van der Waals surface area contributed by atoms with Gasteiger partial charge in [0.25, 0.3) is 0 Å². The molecule has 0 aliphatic rings. The highest BCUT2D eigenvalue weighted by atomic mass is 32.1. The maximum Gasteiger partial charge on any atom is 0.173 e. The molecule has 0 bridgehead atoms. The number of hydrogen-bond donors (Lipinski definition) is 1. The van der Waals surface area contributed by atoms with Gasteiger partial charge in [0.05, 0.1) is 5.69 Å². The first-order chi connectivity index (χ1) is 11.0. The largest absolute Gasteiger partial charge is 0.348 e. The first-order valence-corrected chi connectivity index (χ1v) is 8.51. The third-order valence-corrected chi connectivity index (χ3v) is 4.60. The van der Waals surface area contributed by atoms with Crippen LogP contribution in [0.1, 0.15) is 36.4 Å². The minimum absolute atomic E-state index is 0.720. The Hall–Kier alpha value is -1.88. The van der Waals surface area contributed by atoms with Gasteiger partial charge in [-0.05, 0) is 57.1 Å². The van der Waals surface area contributed by atoms with Gasteiger partial charge in [0.15, 0.2) is 5.11 Å². The van der Waals surface area contributed by atoms with Crippen LogP contribution in [-0.2, 0) is 19.5 Å². The van der Waals surface area contributed by atoms with E-state index in [9.17, 15) is 0 Å². The van der Waals surface area contributed by atoms with E-state index in [1.54, 1.807) is 0 Å². The summed E-state index contributed by atoms with van der Waals surface area (Å²) in [5.41, 5.74) is 5.89. The Morgan fingerprint density at radius 3 is 2.39 bits per heavy atom. The topological polar surface area (TPSA) is 33.1 Å². The maximum atomic E-state index is 5.53. The highest BCUT2D eigenvalue weighted by Crippen LogP contribution is 2.16. The molecule has 0 saturated carbocycles. The van der Waals surface area contributed by atoms with Crippen LogP contribution in [-0.4, -0.2) is 26.8 Å². The first kappa shape index (κ1) is 17.5. The van der Waals surface area contributed by atoms with Crippen molar-refractivity contribution in [2.45, 2.75) is 47.2 Å². The van der Waals surface area contributed by atoms with Gasteiger partial charge in [-0.2, -0.15) is 5.10 Å². The van der Waals surface area contributed by atoms with Gasteiger partial charge in [-0.3, -0.25) is 4.68 Å². The molecule has 0 radical (unpaired) electrons. The quantitative estimate of drug-likeness (QED) is 0.843. The second kappa shape index (κ2) is 7.59. The fraction of sp³-hybridized carbons (Fsp3) is 0.444. The number of aromatic nitrogens is 2. The van der Waals surface area contributed by atoms with Crippen molar-refractivity contribution in [1.82, 2.24) is 14.7 Å². The van der Waals surface area contributed by atoms with Crippen molar-refractivity contribution in [3.63, 3.8) is 0 Å². The summed E-state index contributed by atoms with van der Waals surface area (Å²) in [6.45, 7) is 10.1. The van der Waals surface area contributed by atoms with E-state index >= 15 is 0 Å². The van der Waals surface area contributed by atoms with Gasteiger partial charge >= 0.3 is 0 Å². The average Bonchev–Trinajstić information content (AvgIpc) is 2.82. The fourth-order valence-corrected chi connectivity index (χ4v) is 2.80. The lowest BCUT2D eigenvalue weighted by molar-refractivity contribution is 0.504. The van der Waals surface area contributed by atoms with E-state index < -0.39 is 0 Å². The number of rotatable bonds is 5. The van der Waals surface area contributed by atoms with Crippen LogP contribution >= 0.6 is 12.2 Å². The second-order valence-corrected chi connectivity index (χ2v) is 6.19. The summed E-state index contributed by atoms with van der Waals surface area (Å²) in [4.78, 5) is 2.06. The van der Waals surface area contributed by atoms with E-state index in [-0.39, 0.29) is 0 Å². The zero-order valence-corrected chi connectivity index (χ0v) is 15.5. The lowest BCUT2D eigenvalue weighted by atomic mass is 10.1. The Kier molecular flexibility index (Phi) is 5.77. The molecule has 0 unspecified atom stereocenters. The van der Waals surface area contributed by atoms with Gasteiger partial charge < -0.3 is 10.2 Å². The normalized spacial score (nSPS) is 10.7. The van der Waals surface area contributed by atoms with Crippen LogP contribution in [0.25, 0.3) is 0 Å². The van der Waals surface area contributed by atoms with Crippen LogP contribution in [0, 0.1) is 13.8 Å². The zero-order valence-electron chi connectivity index (χ0n) is 14.7. The van der Waals surface area contributed by atoms with Gasteiger partial charge in [0, 0.05) is 37.1 Å². The van der Waals surface area contributed by atoms with Crippen molar-refractivity contribution in [1.29, 1.82) is 0 Å². The maximum absolute atomic E-state index is 5.53. The van der Waals surface area contributed by atoms with Crippen molar-refractivity contribution in [2.75, 3.05) is 12.4 Å². The van der Waals surface area contributed by atoms with Gasteiger partial charge in [-0.1, -0.05) is 19.1 Å². The van der Waals surface area contributed by atoms with E-state index in [0.717, 1.165) is 36.0 Å². The minimum atomic E-state index is 0.720. The summed E-state index contributed by atoms with van der Waals surface area (Å²) in [6.07, 6.45) is 1.05. The predicted molar refractivity (Wildman–Crippen MR) is 101 cm³/mol. The Labute approximate surface area is 144 Å². The third-order valence-electron chi connectivity index (χ3n) is 4.19. The number of thiocarbonyl (C=S) groups is 1. The highest BCUT2D eigenvalue weighted by Gasteiger charge is 2.14. The molecule has 1 heterocycles. The van der Waals surface area contributed by atoms with Crippen LogP contribution < -0.4 is 5.32 Å². The smallest absolute Gasteiger partial charge is 0.173 e. The predicted octanol–water partition coefficient (Wildman–Crippen LogP) is 3.91. The number of benzene rings is 1. The Morgan fingerprint density at radius 2 is 1.87 bits per heavy atom. The third kappa shape index (κ3) is 4.10. The molecule has 1 N–H and O–H groups in total. The molecule has 23 heavy (non-hydrogen) atoms. The number of aryl methyl sites for hydroxylation is 3. The molecule has 0 amide bonds. The summed E-state index contributed by atoms with van der Waals surface area (Å²) >= 11 is 5.53. The molecule has 0 aliphatic heterocycles. The lowest BCUT2D eigenvalue weighted by Gasteiger charge is -2.21. The van der Waals surface area contributed by atoms with Crippen LogP contribution in [0.15, 0.2) is 24.3 Å². The molecular weight excluding hydrogens is 304 g/mol. The summed E-state index contributed by atoms with van der Waals surface area (Å²) in [5.74, 6) is 0. The standard InChI is InChI=1S/C18H26N4S/c1-6-15-8-10-16(11-9-15)19-18(23)21(5)12-17-13(3)20-22(7-2)14(17)4/h8-11H,6-7,12H2,1-5H3,(H,19,23). The van der Waals surface area contributed by atoms with Gasteiger partial charge in [-0.25, -0.2) is 0 Å². The van der Waals surface area contributed by atoms with Crippen molar-refractivity contribution in [3.8, 4) is 0 Å². The molecule has 5 heteroatoms. The Bertz CT molecular complexity index is 673. The minimum Gasteiger partial charge on any atom is -0.348 e. The molecule has 1 aromatic heterocycles. The van der Waals surface area contributed by atoms with Crippen LogP contribution in [0.2, 0.25) is 0 Å². The van der Waals surface area contributed by atoms with Gasteiger partial charge in [0.2, 0.25) is 0 Å². The van der Waals surface area contributed by atoms with Crippen molar-refractivity contribution < 1.29 is 0 Å². The monoisotopic (exact) mass is 330 g/mol. The SMILES string of the molecule is CCc1ccc(NC(=S)N(C)Cc2c(C)nn(CC)c2C)cc1. The first-order valence-electron chi connectivity index (χ1n) is 8.10. The highest BCUT2D eigenvalue weighted by molar-refractivity contribution is 7.80. The Balaban J connectivity index is 2.03. The second-order valence-electron chi connectivity index (χ2n) is 5.80. The van der Waals surface area contributed by atoms with Crippen LogP contribution in [0.3, 0.4) is 0 Å². The molecule has 0 fully saturated rings. The van der Waals surface area contributed by atoms with Crippen molar-refractivity contribution >= 4 is 23.0 Å². The number of hydrogen-bond acceptors (Lipinski definition) is 2. The molecule has 2 rings (SSSR count). The molecule has 0 atom stereocenters. The Morgan fingerprint density at radius 1 is 1.22 bits per heavy atom. The molecular formula is C18H26N4S. The van der Waals surface area contributed by atoms with E-state index in [2.05, 4.69) is 67.3 Å². The average molecular weight is 331 g/mol. The van der Waals surface area contributed by atoms with Crippen LogP contribution in [0.5, 0.6) is 0 Å². The van der Waals surface area contributed by atoms with E-state index in [1.165, 1.54) is 16.8 Å². The van der Waals surface area contributed by atoms with Crippen molar-refractivity contribution in [3.05, 3.63) is 46.8 Å². The molecule has 0 spiro atoms. The molecule has 124 valence electrons. The van der Waals surface area contributed by atoms with Gasteiger partial charge in [0.1, 0.15) is 0 Å². The summed E-state index contributed by atoms with van der Waals surface area (Å²) in [6, 6.07) is 8.41. The van der Waals surface area contributed by atoms with Crippen LogP contribution in [0.4, 0.5) is 5.69 Å². The number of anilines is 1. The van der Waals surface area contributed by atoms with E-state index in [4.69, 9.17) is 12.2 Å². The van der Waals surface area contributed by atoms with E-state index in [1.807, 2.05) is 11.7 Å². The lowest BCUT2D eigenvalue weighted by Crippen LogP contribution is -2.31. The fourth-order valence-electron chi connectivity index (χ4n) is 2.62. The number of nitrogens with one attached hydrogen (secondary N) is 1. The molecule has 0 saturated heterocycles.